The Morgan fingerprint density at radius 1 is 1.33 bits per heavy atom. The number of rotatable bonds is 5. The molecule has 21 heavy (non-hydrogen) atoms. The van der Waals surface area contributed by atoms with E-state index >= 15 is 0 Å². The predicted molar refractivity (Wildman–Crippen MR) is 71.1 cm³/mol. The average molecular weight is 323 g/mol. The van der Waals surface area contributed by atoms with Crippen molar-refractivity contribution < 1.29 is 27.5 Å². The average Bonchev–Trinajstić information content (AvgIpc) is 2.38. The number of aryl methyl sites for hydroxylation is 1. The maximum Gasteiger partial charge on any atom is 0.450 e. The maximum absolute atomic E-state index is 12.6. The number of esters is 1. The minimum atomic E-state index is -5.09. The van der Waals surface area contributed by atoms with Crippen molar-refractivity contribution in [3.8, 4) is 0 Å². The number of ether oxygens (including phenoxy) is 1. The van der Waals surface area contributed by atoms with Crippen LogP contribution in [-0.2, 0) is 20.7 Å². The van der Waals surface area contributed by atoms with Crippen LogP contribution in [0.2, 0.25) is 5.02 Å². The number of hydrogen-bond donors (Lipinski definition) is 0. The topological polar surface area (TPSA) is 43.4 Å². The number of carbonyl (C=O) groups excluding carboxylic acids is 2. The summed E-state index contributed by atoms with van der Waals surface area (Å²) in [7, 11) is 0. The third-order valence-corrected chi connectivity index (χ3v) is 3.25. The van der Waals surface area contributed by atoms with Crippen LogP contribution >= 0.6 is 11.6 Å². The van der Waals surface area contributed by atoms with Gasteiger partial charge in [0.1, 0.15) is 5.92 Å². The molecular formula is C14H14ClF3O3. The number of ketones is 1. The minimum Gasteiger partial charge on any atom is -0.465 e. The second-order valence-corrected chi connectivity index (χ2v) is 4.86. The molecule has 116 valence electrons. The molecule has 1 rings (SSSR count). The molecule has 1 aromatic rings. The molecule has 1 atom stereocenters. The van der Waals surface area contributed by atoms with E-state index in [-0.39, 0.29) is 6.61 Å². The highest BCUT2D eigenvalue weighted by Gasteiger charge is 2.46. The lowest BCUT2D eigenvalue weighted by atomic mass is 9.94. The van der Waals surface area contributed by atoms with Crippen molar-refractivity contribution in [3.05, 3.63) is 34.3 Å². The summed E-state index contributed by atoms with van der Waals surface area (Å²) in [6.45, 7) is 3.08. The van der Waals surface area contributed by atoms with Gasteiger partial charge < -0.3 is 4.74 Å². The molecule has 0 spiro atoms. The van der Waals surface area contributed by atoms with Crippen molar-refractivity contribution in [2.75, 3.05) is 6.61 Å². The van der Waals surface area contributed by atoms with Crippen molar-refractivity contribution in [2.24, 2.45) is 5.92 Å². The number of halogens is 4. The van der Waals surface area contributed by atoms with Gasteiger partial charge >= 0.3 is 12.1 Å². The summed E-state index contributed by atoms with van der Waals surface area (Å²) in [5.41, 5.74) is 1.11. The third kappa shape index (κ3) is 4.74. The quantitative estimate of drug-likeness (QED) is 0.615. The highest BCUT2D eigenvalue weighted by Crippen LogP contribution is 2.26. The number of Topliss-reactive ketones (excluding diaryl/α,β-unsaturated/α-hetero) is 1. The lowest BCUT2D eigenvalue weighted by molar-refractivity contribution is -0.180. The fraction of sp³-hybridized carbons (Fsp3) is 0.429. The molecule has 0 radical (unpaired) electrons. The van der Waals surface area contributed by atoms with Crippen molar-refractivity contribution in [1.82, 2.24) is 0 Å². The van der Waals surface area contributed by atoms with Crippen LogP contribution in [0.15, 0.2) is 18.2 Å². The molecule has 0 aromatic heterocycles. The van der Waals surface area contributed by atoms with Gasteiger partial charge in [-0.3, -0.25) is 9.59 Å². The van der Waals surface area contributed by atoms with E-state index in [0.29, 0.717) is 10.6 Å². The Kier molecular flexibility index (Phi) is 5.78. The normalized spacial score (nSPS) is 12.9. The Hall–Kier alpha value is -1.56. The van der Waals surface area contributed by atoms with Gasteiger partial charge in [-0.25, -0.2) is 0 Å². The Labute approximate surface area is 125 Å². The van der Waals surface area contributed by atoms with Crippen LogP contribution in [-0.4, -0.2) is 24.5 Å². The van der Waals surface area contributed by atoms with Crippen LogP contribution in [0.1, 0.15) is 18.1 Å². The molecule has 0 aliphatic carbocycles. The van der Waals surface area contributed by atoms with Gasteiger partial charge in [0.15, 0.2) is 0 Å². The third-order valence-electron chi connectivity index (χ3n) is 2.84. The molecule has 3 nitrogen and oxygen atoms in total. The minimum absolute atomic E-state index is 0.102. The van der Waals surface area contributed by atoms with Gasteiger partial charge in [-0.2, -0.15) is 13.2 Å². The Morgan fingerprint density at radius 2 is 1.95 bits per heavy atom. The van der Waals surface area contributed by atoms with Gasteiger partial charge in [-0.15, -0.1) is 0 Å². The fourth-order valence-corrected chi connectivity index (χ4v) is 1.93. The van der Waals surface area contributed by atoms with E-state index in [0.717, 1.165) is 5.56 Å². The first-order valence-corrected chi connectivity index (χ1v) is 6.57. The molecule has 0 aliphatic heterocycles. The number of carbonyl (C=O) groups is 2. The van der Waals surface area contributed by atoms with Gasteiger partial charge in [0, 0.05) is 5.02 Å². The van der Waals surface area contributed by atoms with E-state index in [1.165, 1.54) is 19.1 Å². The summed E-state index contributed by atoms with van der Waals surface area (Å²) in [6, 6.07) is 4.57. The molecular weight excluding hydrogens is 309 g/mol. The van der Waals surface area contributed by atoms with Gasteiger partial charge in [-0.1, -0.05) is 23.7 Å². The van der Waals surface area contributed by atoms with Gasteiger partial charge in [0.2, 0.25) is 0 Å². The molecule has 0 amide bonds. The van der Waals surface area contributed by atoms with Crippen LogP contribution in [0.4, 0.5) is 13.2 Å². The smallest absolute Gasteiger partial charge is 0.450 e. The zero-order chi connectivity index (χ0) is 16.2. The van der Waals surface area contributed by atoms with Crippen LogP contribution in [0.25, 0.3) is 0 Å². The Balaban J connectivity index is 3.04. The van der Waals surface area contributed by atoms with Crippen molar-refractivity contribution in [1.29, 1.82) is 0 Å². The molecule has 0 bridgehead atoms. The first-order chi connectivity index (χ1) is 9.66. The van der Waals surface area contributed by atoms with Gasteiger partial charge in [0.05, 0.1) is 6.61 Å². The van der Waals surface area contributed by atoms with Crippen molar-refractivity contribution in [3.63, 3.8) is 0 Å². The number of alkyl halides is 3. The van der Waals surface area contributed by atoms with E-state index < -0.39 is 30.3 Å². The molecule has 0 N–H and O–H groups in total. The molecule has 1 unspecified atom stereocenters. The van der Waals surface area contributed by atoms with E-state index in [4.69, 9.17) is 11.6 Å². The highest BCUT2D eigenvalue weighted by atomic mass is 35.5. The lowest BCUT2D eigenvalue weighted by Gasteiger charge is -2.16. The summed E-state index contributed by atoms with van der Waals surface area (Å²) >= 11 is 5.88. The Bertz CT molecular complexity index is 541. The predicted octanol–water partition coefficient (Wildman–Crippen LogP) is 3.50. The molecule has 0 saturated heterocycles. The number of hydrogen-bond acceptors (Lipinski definition) is 3. The van der Waals surface area contributed by atoms with Crippen molar-refractivity contribution >= 4 is 23.4 Å². The summed E-state index contributed by atoms with van der Waals surface area (Å²) in [4.78, 5) is 23.0. The number of benzene rings is 1. The highest BCUT2D eigenvalue weighted by molar-refractivity contribution is 6.31. The van der Waals surface area contributed by atoms with Crippen LogP contribution in [0, 0.1) is 12.8 Å². The summed E-state index contributed by atoms with van der Waals surface area (Å²) in [5, 5.41) is 0.356. The zero-order valence-electron chi connectivity index (χ0n) is 11.5. The second kappa shape index (κ2) is 6.93. The molecule has 0 aliphatic rings. The van der Waals surface area contributed by atoms with E-state index in [1.54, 1.807) is 13.0 Å². The SMILES string of the molecule is CCOC(=O)C(Cc1ccc(C)c(Cl)c1)C(=O)C(F)(F)F. The Morgan fingerprint density at radius 3 is 2.43 bits per heavy atom. The summed E-state index contributed by atoms with van der Waals surface area (Å²) in [5.74, 6) is -5.21. The maximum atomic E-state index is 12.6. The molecule has 7 heteroatoms. The molecule has 0 heterocycles. The standard InChI is InChI=1S/C14H14ClF3O3/c1-3-21-13(20)10(12(19)14(16,17)18)6-9-5-4-8(2)11(15)7-9/h4-5,7,10H,3,6H2,1-2H3. The molecule has 0 saturated carbocycles. The van der Waals surface area contributed by atoms with E-state index in [2.05, 4.69) is 4.74 Å². The summed E-state index contributed by atoms with van der Waals surface area (Å²) < 4.78 is 42.2. The first kappa shape index (κ1) is 17.5. The van der Waals surface area contributed by atoms with E-state index in [1.807, 2.05) is 0 Å². The van der Waals surface area contributed by atoms with Crippen LogP contribution in [0.5, 0.6) is 0 Å². The van der Waals surface area contributed by atoms with Crippen molar-refractivity contribution in [2.45, 2.75) is 26.4 Å². The largest absolute Gasteiger partial charge is 0.465 e. The zero-order valence-corrected chi connectivity index (χ0v) is 12.2. The monoisotopic (exact) mass is 322 g/mol. The van der Waals surface area contributed by atoms with Gasteiger partial charge in [0.25, 0.3) is 5.78 Å². The van der Waals surface area contributed by atoms with Crippen LogP contribution in [0.3, 0.4) is 0 Å². The molecule has 0 fully saturated rings. The first-order valence-electron chi connectivity index (χ1n) is 6.19. The molecule has 1 aromatic carbocycles. The second-order valence-electron chi connectivity index (χ2n) is 4.45. The fourth-order valence-electron chi connectivity index (χ4n) is 1.72. The van der Waals surface area contributed by atoms with Crippen LogP contribution < -0.4 is 0 Å². The summed E-state index contributed by atoms with van der Waals surface area (Å²) in [6.07, 6.45) is -5.50. The van der Waals surface area contributed by atoms with Gasteiger partial charge in [-0.05, 0) is 37.5 Å². The van der Waals surface area contributed by atoms with E-state index in [9.17, 15) is 22.8 Å². The lowest BCUT2D eigenvalue weighted by Crippen LogP contribution is -2.37.